The van der Waals surface area contributed by atoms with Gasteiger partial charge in [0.05, 0.1) is 11.6 Å². The molecule has 0 spiro atoms. The van der Waals surface area contributed by atoms with Gasteiger partial charge in [-0.2, -0.15) is 5.26 Å². The van der Waals surface area contributed by atoms with Crippen molar-refractivity contribution >= 4 is 21.6 Å². The summed E-state index contributed by atoms with van der Waals surface area (Å²) >= 11 is 3.36. The van der Waals surface area contributed by atoms with Crippen molar-refractivity contribution in [3.8, 4) is 11.8 Å². The molecule has 3 nitrogen and oxygen atoms in total. The summed E-state index contributed by atoms with van der Waals surface area (Å²) in [5.41, 5.74) is 2.09. The minimum Gasteiger partial charge on any atom is -0.505 e. The van der Waals surface area contributed by atoms with Crippen molar-refractivity contribution in [3.05, 3.63) is 57.8 Å². The van der Waals surface area contributed by atoms with Crippen LogP contribution in [-0.2, 0) is 6.54 Å². The standard InChI is InChI=1S/C14H10BrFN2O/c15-11-5-9(7-17)1-3-13(11)18-8-10-2-4-14(19)12(16)6-10/h1-6,18-19H,8H2. The third-order valence-electron chi connectivity index (χ3n) is 2.59. The SMILES string of the molecule is N#Cc1ccc(NCc2ccc(O)c(F)c2)c(Br)c1. The molecule has 0 saturated heterocycles. The van der Waals surface area contributed by atoms with Gasteiger partial charge in [0.2, 0.25) is 0 Å². The molecule has 96 valence electrons. The Morgan fingerprint density at radius 2 is 2.05 bits per heavy atom. The van der Waals surface area contributed by atoms with Gasteiger partial charge < -0.3 is 10.4 Å². The number of rotatable bonds is 3. The molecule has 2 rings (SSSR count). The maximum Gasteiger partial charge on any atom is 0.165 e. The lowest BCUT2D eigenvalue weighted by Crippen LogP contribution is -2.00. The molecule has 2 aromatic rings. The van der Waals surface area contributed by atoms with Gasteiger partial charge in [-0.3, -0.25) is 0 Å². The number of hydrogen-bond donors (Lipinski definition) is 2. The number of nitrogens with zero attached hydrogens (tertiary/aromatic N) is 1. The number of halogens is 2. The highest BCUT2D eigenvalue weighted by atomic mass is 79.9. The summed E-state index contributed by atoms with van der Waals surface area (Å²) in [5.74, 6) is -0.999. The summed E-state index contributed by atoms with van der Waals surface area (Å²) in [5, 5.41) is 21.0. The highest BCUT2D eigenvalue weighted by Gasteiger charge is 2.04. The van der Waals surface area contributed by atoms with Gasteiger partial charge in [0.15, 0.2) is 11.6 Å². The van der Waals surface area contributed by atoms with Crippen LogP contribution in [0.3, 0.4) is 0 Å². The molecular formula is C14H10BrFN2O. The fourth-order valence-corrected chi connectivity index (χ4v) is 2.10. The fraction of sp³-hybridized carbons (Fsp3) is 0.0714. The zero-order chi connectivity index (χ0) is 13.8. The van der Waals surface area contributed by atoms with E-state index in [-0.39, 0.29) is 5.75 Å². The molecule has 0 aromatic heterocycles. The number of anilines is 1. The Balaban J connectivity index is 2.10. The number of aromatic hydroxyl groups is 1. The van der Waals surface area contributed by atoms with E-state index in [2.05, 4.69) is 21.2 Å². The van der Waals surface area contributed by atoms with Crippen LogP contribution in [-0.4, -0.2) is 5.11 Å². The number of benzene rings is 2. The van der Waals surface area contributed by atoms with E-state index in [0.29, 0.717) is 17.7 Å². The lowest BCUT2D eigenvalue weighted by Gasteiger charge is -2.09. The Morgan fingerprint density at radius 3 is 2.68 bits per heavy atom. The van der Waals surface area contributed by atoms with Gasteiger partial charge in [0.25, 0.3) is 0 Å². The van der Waals surface area contributed by atoms with Crippen molar-refractivity contribution in [1.82, 2.24) is 0 Å². The van der Waals surface area contributed by atoms with Gasteiger partial charge in [-0.05, 0) is 51.8 Å². The summed E-state index contributed by atoms with van der Waals surface area (Å²) < 4.78 is 13.9. The van der Waals surface area contributed by atoms with Crippen LogP contribution in [0.4, 0.5) is 10.1 Å². The molecule has 2 aromatic carbocycles. The Morgan fingerprint density at radius 1 is 1.26 bits per heavy atom. The van der Waals surface area contributed by atoms with Crippen molar-refractivity contribution in [1.29, 1.82) is 5.26 Å². The zero-order valence-corrected chi connectivity index (χ0v) is 11.4. The first kappa shape index (κ1) is 13.4. The van der Waals surface area contributed by atoms with Crippen LogP contribution in [0.15, 0.2) is 40.9 Å². The maximum absolute atomic E-state index is 13.2. The number of phenols is 1. The molecule has 19 heavy (non-hydrogen) atoms. The van der Waals surface area contributed by atoms with Crippen molar-refractivity contribution < 1.29 is 9.50 Å². The van der Waals surface area contributed by atoms with Gasteiger partial charge >= 0.3 is 0 Å². The molecule has 0 heterocycles. The quantitative estimate of drug-likeness (QED) is 0.904. The minimum atomic E-state index is -0.641. The predicted octanol–water partition coefficient (Wildman–Crippen LogP) is 3.78. The first-order chi connectivity index (χ1) is 9.10. The van der Waals surface area contributed by atoms with E-state index in [1.54, 1.807) is 24.3 Å². The number of nitrogens with one attached hydrogen (secondary N) is 1. The highest BCUT2D eigenvalue weighted by molar-refractivity contribution is 9.10. The highest BCUT2D eigenvalue weighted by Crippen LogP contribution is 2.24. The largest absolute Gasteiger partial charge is 0.505 e. The third kappa shape index (κ3) is 3.24. The normalized spacial score (nSPS) is 9.95. The van der Waals surface area contributed by atoms with E-state index in [1.165, 1.54) is 12.1 Å². The van der Waals surface area contributed by atoms with Crippen molar-refractivity contribution in [2.75, 3.05) is 5.32 Å². The molecule has 0 unspecified atom stereocenters. The van der Waals surface area contributed by atoms with Gasteiger partial charge in [0.1, 0.15) is 0 Å². The summed E-state index contributed by atoms with van der Waals surface area (Å²) in [6, 6.07) is 11.5. The average molecular weight is 321 g/mol. The van der Waals surface area contributed by atoms with Crippen LogP contribution < -0.4 is 5.32 Å². The van der Waals surface area contributed by atoms with E-state index < -0.39 is 5.82 Å². The molecule has 0 aliphatic carbocycles. The van der Waals surface area contributed by atoms with Crippen molar-refractivity contribution in [3.63, 3.8) is 0 Å². The molecule has 0 saturated carbocycles. The van der Waals surface area contributed by atoms with Gasteiger partial charge in [-0.1, -0.05) is 6.07 Å². The van der Waals surface area contributed by atoms with Gasteiger partial charge in [-0.25, -0.2) is 4.39 Å². The van der Waals surface area contributed by atoms with Crippen molar-refractivity contribution in [2.45, 2.75) is 6.54 Å². The van der Waals surface area contributed by atoms with Crippen molar-refractivity contribution in [2.24, 2.45) is 0 Å². The second-order valence-corrected chi connectivity index (χ2v) is 4.80. The van der Waals surface area contributed by atoms with E-state index >= 15 is 0 Å². The number of nitriles is 1. The molecule has 0 aliphatic rings. The monoisotopic (exact) mass is 320 g/mol. The Kier molecular flexibility index (Phi) is 4.03. The summed E-state index contributed by atoms with van der Waals surface area (Å²) in [7, 11) is 0. The third-order valence-corrected chi connectivity index (χ3v) is 3.25. The molecule has 0 atom stereocenters. The second kappa shape index (κ2) is 5.72. The Hall–Kier alpha value is -2.06. The molecule has 0 fully saturated rings. The van der Waals surface area contributed by atoms with Gasteiger partial charge in [0, 0.05) is 16.7 Å². The molecule has 0 aliphatic heterocycles. The predicted molar refractivity (Wildman–Crippen MR) is 74.2 cm³/mol. The molecule has 0 radical (unpaired) electrons. The lowest BCUT2D eigenvalue weighted by atomic mass is 10.2. The second-order valence-electron chi connectivity index (χ2n) is 3.95. The van der Waals surface area contributed by atoms with Crippen LogP contribution in [0.5, 0.6) is 5.75 Å². The smallest absolute Gasteiger partial charge is 0.165 e. The molecule has 2 N–H and O–H groups in total. The lowest BCUT2D eigenvalue weighted by molar-refractivity contribution is 0.432. The average Bonchev–Trinajstić information content (AvgIpc) is 2.41. The maximum atomic E-state index is 13.2. The Labute approximate surface area is 118 Å². The van der Waals surface area contributed by atoms with E-state index in [1.807, 2.05) is 6.07 Å². The molecule has 0 amide bonds. The summed E-state index contributed by atoms with van der Waals surface area (Å²) in [4.78, 5) is 0. The first-order valence-corrected chi connectivity index (χ1v) is 6.30. The Bertz CT molecular complexity index is 652. The molecule has 0 bridgehead atoms. The van der Waals surface area contributed by atoms with E-state index in [4.69, 9.17) is 10.4 Å². The van der Waals surface area contributed by atoms with E-state index in [0.717, 1.165) is 10.2 Å². The van der Waals surface area contributed by atoms with Crippen LogP contribution in [0, 0.1) is 17.1 Å². The topological polar surface area (TPSA) is 56.0 Å². The van der Waals surface area contributed by atoms with E-state index in [9.17, 15) is 4.39 Å². The van der Waals surface area contributed by atoms with Gasteiger partial charge in [-0.15, -0.1) is 0 Å². The molecule has 5 heteroatoms. The summed E-state index contributed by atoms with van der Waals surface area (Å²) in [6.45, 7) is 0.418. The first-order valence-electron chi connectivity index (χ1n) is 5.51. The summed E-state index contributed by atoms with van der Waals surface area (Å²) in [6.07, 6.45) is 0. The number of hydrogen-bond acceptors (Lipinski definition) is 3. The fourth-order valence-electron chi connectivity index (χ4n) is 1.59. The minimum absolute atomic E-state index is 0.358. The van der Waals surface area contributed by atoms with Crippen LogP contribution in [0.25, 0.3) is 0 Å². The van der Waals surface area contributed by atoms with Crippen LogP contribution in [0.1, 0.15) is 11.1 Å². The zero-order valence-electron chi connectivity index (χ0n) is 9.82. The molecular weight excluding hydrogens is 311 g/mol. The number of phenolic OH excluding ortho intramolecular Hbond substituents is 1. The van der Waals surface area contributed by atoms with Crippen LogP contribution in [0.2, 0.25) is 0 Å². The van der Waals surface area contributed by atoms with Crippen LogP contribution >= 0.6 is 15.9 Å².